The summed E-state index contributed by atoms with van der Waals surface area (Å²) in [5, 5.41) is 1.24. The lowest BCUT2D eigenvalue weighted by Crippen LogP contribution is -2.32. The van der Waals surface area contributed by atoms with E-state index >= 15 is 0 Å². The number of rotatable bonds is 15. The van der Waals surface area contributed by atoms with Gasteiger partial charge in [0.05, 0.1) is 0 Å². The Hall–Kier alpha value is -2.76. The molecule has 3 aromatic rings. The molecule has 0 spiro atoms. The molecule has 196 valence electrons. The topological polar surface area (TPSA) is 35.2 Å². The summed E-state index contributed by atoms with van der Waals surface area (Å²) in [7, 11) is 2.26. The molecule has 0 saturated heterocycles. The zero-order valence-electron chi connectivity index (χ0n) is 22.6. The Morgan fingerprint density at radius 3 is 2.39 bits per heavy atom. The van der Waals surface area contributed by atoms with Crippen LogP contribution in [0.3, 0.4) is 0 Å². The van der Waals surface area contributed by atoms with Crippen LogP contribution < -0.4 is 0 Å². The molecule has 1 aromatic carbocycles. The van der Waals surface area contributed by atoms with Gasteiger partial charge in [0.15, 0.2) is 0 Å². The van der Waals surface area contributed by atoms with Crippen LogP contribution in [0.15, 0.2) is 74.1 Å². The van der Waals surface area contributed by atoms with Gasteiger partial charge in [-0.2, -0.15) is 4.39 Å². The number of fused-ring (bicyclic) bond motifs is 1. The van der Waals surface area contributed by atoms with Crippen molar-refractivity contribution in [3.63, 3.8) is 0 Å². The lowest BCUT2D eigenvalue weighted by molar-refractivity contribution is 0.212. The summed E-state index contributed by atoms with van der Waals surface area (Å²) in [5.41, 5.74) is 3.07. The van der Waals surface area contributed by atoms with Gasteiger partial charge in [0.2, 0.25) is 5.95 Å². The van der Waals surface area contributed by atoms with Gasteiger partial charge in [0.25, 0.3) is 0 Å². The van der Waals surface area contributed by atoms with Crippen LogP contribution in [-0.4, -0.2) is 45.9 Å². The van der Waals surface area contributed by atoms with E-state index in [-0.39, 0.29) is 5.95 Å². The highest BCUT2D eigenvalue weighted by molar-refractivity contribution is 5.82. The van der Waals surface area contributed by atoms with Crippen molar-refractivity contribution in [2.45, 2.75) is 71.5 Å². The second-order valence-corrected chi connectivity index (χ2v) is 9.39. The van der Waals surface area contributed by atoms with Crippen LogP contribution in [0.5, 0.6) is 0 Å². The van der Waals surface area contributed by atoms with Gasteiger partial charge in [-0.25, -0.2) is 4.98 Å². The van der Waals surface area contributed by atoms with Crippen molar-refractivity contribution in [3.05, 3.63) is 91.2 Å². The van der Waals surface area contributed by atoms with Crippen molar-refractivity contribution in [2.75, 3.05) is 20.1 Å². The molecule has 0 bridgehead atoms. The van der Waals surface area contributed by atoms with Crippen molar-refractivity contribution in [3.8, 4) is 0 Å². The van der Waals surface area contributed by atoms with Crippen molar-refractivity contribution >= 4 is 10.9 Å². The third kappa shape index (κ3) is 9.71. The van der Waals surface area contributed by atoms with E-state index in [1.807, 2.05) is 18.2 Å². The number of nitrogens with one attached hydrogen (secondary N) is 1. The van der Waals surface area contributed by atoms with E-state index in [0.29, 0.717) is 18.2 Å². The normalized spacial score (nSPS) is 11.9. The predicted molar refractivity (Wildman–Crippen MR) is 152 cm³/mol. The number of para-hydroxylation sites is 1. The third-order valence-electron chi connectivity index (χ3n) is 6.67. The predicted octanol–water partition coefficient (Wildman–Crippen LogP) is 7.74. The van der Waals surface area contributed by atoms with E-state index in [4.69, 9.17) is 0 Å². The minimum atomic E-state index is -0.361. The van der Waals surface area contributed by atoms with Gasteiger partial charge in [0, 0.05) is 48.0 Å². The monoisotopic (exact) mass is 492 g/mol. The first-order valence-corrected chi connectivity index (χ1v) is 13.3. The highest BCUT2D eigenvalue weighted by Gasteiger charge is 2.14. The molecule has 36 heavy (non-hydrogen) atoms. The van der Waals surface area contributed by atoms with Gasteiger partial charge in [0.1, 0.15) is 0 Å². The van der Waals surface area contributed by atoms with Crippen LogP contribution in [0.25, 0.3) is 10.9 Å². The summed E-state index contributed by atoms with van der Waals surface area (Å²) in [4.78, 5) is 12.1. The zero-order valence-corrected chi connectivity index (χ0v) is 22.6. The average Bonchev–Trinajstić information content (AvgIpc) is 3.31. The van der Waals surface area contributed by atoms with Gasteiger partial charge in [-0.15, -0.1) is 0 Å². The van der Waals surface area contributed by atoms with Crippen LogP contribution in [0, 0.1) is 5.95 Å². The molecule has 2 aromatic heterocycles. The number of nitrogens with zero attached hydrogens (tertiary/aromatic N) is 3. The Morgan fingerprint density at radius 1 is 0.972 bits per heavy atom. The third-order valence-corrected chi connectivity index (χ3v) is 6.67. The fraction of sp³-hybridized carbons (Fsp3) is 0.452. The highest BCUT2D eigenvalue weighted by atomic mass is 19.1. The van der Waals surface area contributed by atoms with E-state index in [0.717, 1.165) is 31.6 Å². The summed E-state index contributed by atoms with van der Waals surface area (Å²) in [5.74, 6) is -0.361. The maximum atomic E-state index is 14.2. The number of aromatic amines is 1. The number of allylic oxidation sites excluding steroid dienone is 2. The number of hydrogen-bond acceptors (Lipinski definition) is 3. The first kappa shape index (κ1) is 29.5. The van der Waals surface area contributed by atoms with Gasteiger partial charge >= 0.3 is 0 Å². The number of hydrogen-bond donors (Lipinski definition) is 1. The molecular formula is C31H45FN4. The SMILES string of the molecule is C=CC=C.CCCC(CC)N(C)CCCCCN(Cc1cccnc1F)Cc1c[nH]c2ccccc12. The molecule has 5 heteroatoms. The lowest BCUT2D eigenvalue weighted by Gasteiger charge is -2.27. The van der Waals surface area contributed by atoms with Crippen molar-refractivity contribution in [1.29, 1.82) is 0 Å². The van der Waals surface area contributed by atoms with Crippen LogP contribution in [0.1, 0.15) is 63.5 Å². The zero-order chi connectivity index (χ0) is 26.2. The maximum Gasteiger partial charge on any atom is 0.217 e. The molecule has 3 rings (SSSR count). The second kappa shape index (κ2) is 16.8. The smallest absolute Gasteiger partial charge is 0.217 e. The Bertz CT molecular complexity index is 1020. The first-order chi connectivity index (χ1) is 17.5. The number of H-pyrrole nitrogens is 1. The molecule has 0 fully saturated rings. The number of unbranched alkanes of at least 4 members (excludes halogenated alkanes) is 2. The number of aromatic nitrogens is 2. The summed E-state index contributed by atoms with van der Waals surface area (Å²) in [6, 6.07) is 12.7. The number of benzene rings is 1. The second-order valence-electron chi connectivity index (χ2n) is 9.39. The molecule has 0 saturated carbocycles. The fourth-order valence-electron chi connectivity index (χ4n) is 4.62. The largest absolute Gasteiger partial charge is 0.361 e. The van der Waals surface area contributed by atoms with Gasteiger partial charge in [-0.3, -0.25) is 4.90 Å². The molecule has 4 nitrogen and oxygen atoms in total. The maximum absolute atomic E-state index is 14.2. The molecule has 1 atom stereocenters. The van der Waals surface area contributed by atoms with E-state index < -0.39 is 0 Å². The molecule has 0 aliphatic carbocycles. The summed E-state index contributed by atoms with van der Waals surface area (Å²) >= 11 is 0. The van der Waals surface area contributed by atoms with E-state index in [1.165, 1.54) is 49.3 Å². The van der Waals surface area contributed by atoms with Gasteiger partial charge in [-0.1, -0.05) is 76.3 Å². The molecular weight excluding hydrogens is 447 g/mol. The van der Waals surface area contributed by atoms with Crippen LogP contribution in [-0.2, 0) is 13.1 Å². The van der Waals surface area contributed by atoms with E-state index in [2.05, 4.69) is 78.2 Å². The van der Waals surface area contributed by atoms with Crippen molar-refractivity contribution < 1.29 is 4.39 Å². The Balaban J connectivity index is 0.00000106. The fourth-order valence-corrected chi connectivity index (χ4v) is 4.62. The Kier molecular flexibility index (Phi) is 13.8. The first-order valence-electron chi connectivity index (χ1n) is 13.3. The van der Waals surface area contributed by atoms with Gasteiger partial charge in [-0.05, 0) is 63.5 Å². The average molecular weight is 493 g/mol. The Morgan fingerprint density at radius 2 is 1.69 bits per heavy atom. The summed E-state index contributed by atoms with van der Waals surface area (Å²) in [6.45, 7) is 14.8. The summed E-state index contributed by atoms with van der Waals surface area (Å²) < 4.78 is 14.2. The standard InChI is InChI=1S/C27H39FN4.C4H6/c1-4-12-24(5-2)31(3)17-9-6-10-18-32(20-22-13-11-16-29-27(22)28)21-23-19-30-26-15-8-7-14-25(23)26;1-3-4-2/h7-8,11,13-16,19,24,30H,4-6,9-10,12,17-18,20-21H2,1-3H3;3-4H,1-2H2. The molecule has 0 aliphatic rings. The van der Waals surface area contributed by atoms with Gasteiger partial charge < -0.3 is 9.88 Å². The highest BCUT2D eigenvalue weighted by Crippen LogP contribution is 2.21. The van der Waals surface area contributed by atoms with Crippen LogP contribution in [0.4, 0.5) is 4.39 Å². The molecule has 1 N–H and O–H groups in total. The minimum Gasteiger partial charge on any atom is -0.361 e. The Labute approximate surface area is 217 Å². The number of halogens is 1. The molecule has 0 aliphatic heterocycles. The molecule has 2 heterocycles. The van der Waals surface area contributed by atoms with Crippen molar-refractivity contribution in [2.24, 2.45) is 0 Å². The molecule has 1 unspecified atom stereocenters. The van der Waals surface area contributed by atoms with Crippen LogP contribution >= 0.6 is 0 Å². The van der Waals surface area contributed by atoms with E-state index in [9.17, 15) is 4.39 Å². The molecule has 0 amide bonds. The summed E-state index contributed by atoms with van der Waals surface area (Å²) in [6.07, 6.45) is 14.1. The number of pyridine rings is 1. The minimum absolute atomic E-state index is 0.361. The molecule has 0 radical (unpaired) electrons. The quantitative estimate of drug-likeness (QED) is 0.134. The lowest BCUT2D eigenvalue weighted by atomic mass is 10.1. The van der Waals surface area contributed by atoms with Crippen LogP contribution in [0.2, 0.25) is 0 Å². The van der Waals surface area contributed by atoms with Crippen molar-refractivity contribution in [1.82, 2.24) is 19.8 Å². The van der Waals surface area contributed by atoms with E-state index in [1.54, 1.807) is 12.2 Å².